The van der Waals surface area contributed by atoms with Crippen LogP contribution in [0.1, 0.15) is 6.42 Å². The number of fused-ring (bicyclic) bond motifs is 1. The Morgan fingerprint density at radius 2 is 1.87 bits per heavy atom. The lowest BCUT2D eigenvalue weighted by molar-refractivity contribution is -0.152. The monoisotopic (exact) mass is 313 g/mol. The third-order valence-corrected chi connectivity index (χ3v) is 5.58. The van der Waals surface area contributed by atoms with Crippen molar-refractivity contribution in [2.45, 2.75) is 6.42 Å². The average Bonchev–Trinajstić information content (AvgIpc) is 3.36. The molecule has 0 spiro atoms. The first-order valence-corrected chi connectivity index (χ1v) is 7.96. The summed E-state index contributed by atoms with van der Waals surface area (Å²) in [5.41, 5.74) is 0.635. The van der Waals surface area contributed by atoms with Gasteiger partial charge in [-0.3, -0.25) is 9.59 Å². The number of methoxy groups -OCH3 is 1. The Morgan fingerprint density at radius 3 is 2.52 bits per heavy atom. The van der Waals surface area contributed by atoms with E-state index >= 15 is 0 Å². The van der Waals surface area contributed by atoms with Crippen molar-refractivity contribution < 1.29 is 19.4 Å². The first-order valence-electron chi connectivity index (χ1n) is 7.96. The molecule has 0 heterocycles. The minimum atomic E-state index is -0.861. The quantitative estimate of drug-likeness (QED) is 0.837. The third-order valence-electron chi connectivity index (χ3n) is 5.58. The van der Waals surface area contributed by atoms with Crippen LogP contribution >= 0.6 is 0 Å². The fourth-order valence-corrected chi connectivity index (χ4v) is 4.50. The molecule has 120 valence electrons. The van der Waals surface area contributed by atoms with Crippen molar-refractivity contribution in [2.24, 2.45) is 35.5 Å². The summed E-state index contributed by atoms with van der Waals surface area (Å²) in [5, 5.41) is 12.5. The van der Waals surface area contributed by atoms with Crippen LogP contribution in [-0.4, -0.2) is 24.1 Å². The molecular formula is C18H19NO4. The number of allylic oxidation sites excluding steroid dienone is 2. The number of hydrogen-bond donors (Lipinski definition) is 2. The number of carbonyl (C=O) groups excluding carboxylic acids is 1. The number of anilines is 1. The van der Waals surface area contributed by atoms with Crippen molar-refractivity contribution in [1.29, 1.82) is 0 Å². The lowest BCUT2D eigenvalue weighted by Crippen LogP contribution is -2.48. The molecule has 2 bridgehead atoms. The molecule has 23 heavy (non-hydrogen) atoms. The molecule has 5 heteroatoms. The maximum Gasteiger partial charge on any atom is 0.307 e. The van der Waals surface area contributed by atoms with Gasteiger partial charge in [-0.2, -0.15) is 0 Å². The van der Waals surface area contributed by atoms with Gasteiger partial charge >= 0.3 is 5.97 Å². The van der Waals surface area contributed by atoms with E-state index in [1.165, 1.54) is 0 Å². The largest absolute Gasteiger partial charge is 0.497 e. The van der Waals surface area contributed by atoms with Crippen molar-refractivity contribution in [3.63, 3.8) is 0 Å². The number of rotatable bonds is 4. The number of ether oxygens (including phenoxy) is 1. The Labute approximate surface area is 134 Å². The van der Waals surface area contributed by atoms with E-state index in [0.29, 0.717) is 23.3 Å². The second-order valence-corrected chi connectivity index (χ2v) is 6.71. The lowest BCUT2D eigenvalue weighted by atomic mass is 9.62. The normalized spacial score (nSPS) is 36.2. The van der Waals surface area contributed by atoms with Crippen LogP contribution < -0.4 is 10.1 Å². The highest BCUT2D eigenvalue weighted by molar-refractivity contribution is 5.96. The second-order valence-electron chi connectivity index (χ2n) is 6.71. The first-order chi connectivity index (χ1) is 11.1. The van der Waals surface area contributed by atoms with Crippen molar-refractivity contribution in [3.8, 4) is 5.75 Å². The number of aliphatic carboxylic acids is 1. The van der Waals surface area contributed by atoms with Crippen LogP contribution in [0.4, 0.5) is 5.69 Å². The van der Waals surface area contributed by atoms with Crippen molar-refractivity contribution in [2.75, 3.05) is 12.4 Å². The second kappa shape index (κ2) is 5.11. The van der Waals surface area contributed by atoms with Crippen molar-refractivity contribution in [1.82, 2.24) is 0 Å². The summed E-state index contributed by atoms with van der Waals surface area (Å²) in [4.78, 5) is 24.5. The molecule has 0 aliphatic heterocycles. The molecule has 2 fully saturated rings. The zero-order chi connectivity index (χ0) is 16.1. The van der Waals surface area contributed by atoms with Gasteiger partial charge in [-0.15, -0.1) is 0 Å². The number of amides is 1. The summed E-state index contributed by atoms with van der Waals surface area (Å²) in [6, 6.07) is 7.13. The lowest BCUT2D eigenvalue weighted by Gasteiger charge is -2.41. The average molecular weight is 313 g/mol. The zero-order valence-electron chi connectivity index (χ0n) is 12.8. The Balaban J connectivity index is 1.59. The smallest absolute Gasteiger partial charge is 0.307 e. The summed E-state index contributed by atoms with van der Waals surface area (Å²) >= 11 is 0. The predicted molar refractivity (Wildman–Crippen MR) is 84.0 cm³/mol. The molecular weight excluding hydrogens is 294 g/mol. The summed E-state index contributed by atoms with van der Waals surface area (Å²) < 4.78 is 5.16. The van der Waals surface area contributed by atoms with E-state index in [9.17, 15) is 14.7 Å². The van der Waals surface area contributed by atoms with Crippen LogP contribution in [0.25, 0.3) is 0 Å². The molecule has 5 nitrogen and oxygen atoms in total. The number of carboxylic acid groups (broad SMARTS) is 1. The van der Waals surface area contributed by atoms with E-state index in [1.807, 2.05) is 6.08 Å². The summed E-state index contributed by atoms with van der Waals surface area (Å²) in [6.07, 6.45) is 5.14. The van der Waals surface area contributed by atoms with Crippen molar-refractivity contribution in [3.05, 3.63) is 36.4 Å². The van der Waals surface area contributed by atoms with Crippen LogP contribution in [0.2, 0.25) is 0 Å². The summed E-state index contributed by atoms with van der Waals surface area (Å²) in [5.74, 6) is -0.494. The summed E-state index contributed by atoms with van der Waals surface area (Å²) in [7, 11) is 1.57. The van der Waals surface area contributed by atoms with Gasteiger partial charge in [0.2, 0.25) is 5.91 Å². The van der Waals surface area contributed by atoms with E-state index in [4.69, 9.17) is 4.74 Å². The van der Waals surface area contributed by atoms with Crippen LogP contribution in [0.5, 0.6) is 5.75 Å². The van der Waals surface area contributed by atoms with E-state index in [-0.39, 0.29) is 17.7 Å². The van der Waals surface area contributed by atoms with Gasteiger partial charge < -0.3 is 15.2 Å². The third kappa shape index (κ3) is 2.22. The van der Waals surface area contributed by atoms with Gasteiger partial charge in [0.15, 0.2) is 0 Å². The standard InChI is InChI=1S/C18H19NO4/c1-23-10-4-2-3-9(7-10)19-17(20)15-11-5-6-12(14-8-13(11)14)16(15)18(21)22/h2-7,11-16H,8H2,1H3,(H,19,20)(H,21,22)/t11-,12-,13-,14-,15+,16+/m1/s1. The molecule has 4 aliphatic carbocycles. The molecule has 2 N–H and O–H groups in total. The summed E-state index contributed by atoms with van der Waals surface area (Å²) in [6.45, 7) is 0. The number of benzene rings is 1. The van der Waals surface area contributed by atoms with Crippen LogP contribution in [0.3, 0.4) is 0 Å². The highest BCUT2D eigenvalue weighted by Gasteiger charge is 2.62. The SMILES string of the molecule is COc1cccc(NC(=O)[C@H]2[C@@H]3C=C[C@H]([C@H]4C[C@H]34)[C@@H]2C(=O)O)c1. The van der Waals surface area contributed by atoms with Gasteiger partial charge in [-0.05, 0) is 42.2 Å². The van der Waals surface area contributed by atoms with E-state index in [2.05, 4.69) is 11.4 Å². The van der Waals surface area contributed by atoms with Crippen LogP contribution in [0.15, 0.2) is 36.4 Å². The van der Waals surface area contributed by atoms with Gasteiger partial charge in [-0.1, -0.05) is 18.2 Å². The molecule has 0 saturated heterocycles. The van der Waals surface area contributed by atoms with Gasteiger partial charge in [0.25, 0.3) is 0 Å². The molecule has 2 saturated carbocycles. The molecule has 6 atom stereocenters. The van der Waals surface area contributed by atoms with Gasteiger partial charge in [0, 0.05) is 11.8 Å². The number of carboxylic acids is 1. The molecule has 5 rings (SSSR count). The maximum atomic E-state index is 12.8. The van der Waals surface area contributed by atoms with E-state index in [0.717, 1.165) is 6.42 Å². The fraction of sp³-hybridized carbons (Fsp3) is 0.444. The fourth-order valence-electron chi connectivity index (χ4n) is 4.50. The number of carbonyl (C=O) groups is 2. The number of hydrogen-bond acceptors (Lipinski definition) is 3. The maximum absolute atomic E-state index is 12.8. The molecule has 1 amide bonds. The molecule has 0 aromatic heterocycles. The van der Waals surface area contributed by atoms with Crippen LogP contribution in [-0.2, 0) is 9.59 Å². The number of nitrogens with one attached hydrogen (secondary N) is 1. The molecule has 0 radical (unpaired) electrons. The predicted octanol–water partition coefficient (Wildman–Crippen LogP) is 2.40. The minimum Gasteiger partial charge on any atom is -0.497 e. The minimum absolute atomic E-state index is 0.00330. The van der Waals surface area contributed by atoms with E-state index < -0.39 is 17.8 Å². The zero-order valence-corrected chi connectivity index (χ0v) is 12.8. The molecule has 1 aromatic rings. The topological polar surface area (TPSA) is 75.6 Å². The van der Waals surface area contributed by atoms with Crippen LogP contribution in [0, 0.1) is 35.5 Å². The van der Waals surface area contributed by atoms with Gasteiger partial charge in [-0.25, -0.2) is 0 Å². The highest BCUT2D eigenvalue weighted by Crippen LogP contribution is 2.63. The van der Waals surface area contributed by atoms with Gasteiger partial charge in [0.05, 0.1) is 18.9 Å². The molecule has 4 aliphatic rings. The Morgan fingerprint density at radius 1 is 1.17 bits per heavy atom. The molecule has 0 unspecified atom stereocenters. The Bertz CT molecular complexity index is 698. The van der Waals surface area contributed by atoms with Gasteiger partial charge in [0.1, 0.15) is 5.75 Å². The van der Waals surface area contributed by atoms with Crippen molar-refractivity contribution >= 4 is 17.6 Å². The van der Waals surface area contributed by atoms with E-state index in [1.54, 1.807) is 31.4 Å². The highest BCUT2D eigenvalue weighted by atomic mass is 16.5. The Kier molecular flexibility index (Phi) is 3.18. The molecule has 1 aromatic carbocycles. The first kappa shape index (κ1) is 14.3. The Hall–Kier alpha value is -2.30.